The summed E-state index contributed by atoms with van der Waals surface area (Å²) in [4.78, 5) is 11.3. The number of aliphatic hydroxyl groups excluding tert-OH is 1. The van der Waals surface area contributed by atoms with E-state index in [1.807, 2.05) is 25.3 Å². The number of anilines is 2. The van der Waals surface area contributed by atoms with Crippen LogP contribution in [0.4, 0.5) is 11.5 Å². The number of hydrogen-bond donors (Lipinski definition) is 4. The minimum atomic E-state index is -1.52. The first-order valence-corrected chi connectivity index (χ1v) is 9.38. The topological polar surface area (TPSA) is 102 Å². The van der Waals surface area contributed by atoms with Crippen LogP contribution in [-0.2, 0) is 6.54 Å². The molecule has 9 heteroatoms. The van der Waals surface area contributed by atoms with Crippen LogP contribution in [0.3, 0.4) is 0 Å². The van der Waals surface area contributed by atoms with Gasteiger partial charge >= 0.3 is 7.12 Å². The molecule has 1 saturated heterocycles. The maximum Gasteiger partial charge on any atom is 0.488 e. The van der Waals surface area contributed by atoms with Crippen LogP contribution in [0, 0.1) is 6.92 Å². The molecule has 1 aliphatic rings. The second-order valence-electron chi connectivity index (χ2n) is 7.27. The summed E-state index contributed by atoms with van der Waals surface area (Å²) in [6.07, 6.45) is 4.17. The molecular formula is C20H24BClN4O3. The Morgan fingerprint density at radius 2 is 2.07 bits per heavy atom. The van der Waals surface area contributed by atoms with E-state index in [0.717, 1.165) is 47.2 Å². The largest absolute Gasteiger partial charge is 0.488 e. The van der Waals surface area contributed by atoms with E-state index in [4.69, 9.17) is 0 Å². The second kappa shape index (κ2) is 9.07. The Hall–Kier alpha value is -2.23. The van der Waals surface area contributed by atoms with Gasteiger partial charge in [-0.25, -0.2) is 4.98 Å². The molecule has 3 aromatic rings. The molecule has 4 N–H and O–H groups in total. The highest BCUT2D eigenvalue weighted by Crippen LogP contribution is 2.25. The molecule has 1 aliphatic heterocycles. The van der Waals surface area contributed by atoms with Crippen molar-refractivity contribution in [1.82, 2.24) is 14.9 Å². The third kappa shape index (κ3) is 4.68. The smallest absolute Gasteiger partial charge is 0.423 e. The highest BCUT2D eigenvalue weighted by atomic mass is 35.5. The highest BCUT2D eigenvalue weighted by molar-refractivity contribution is 6.59. The molecule has 29 heavy (non-hydrogen) atoms. The monoisotopic (exact) mass is 414 g/mol. The van der Waals surface area contributed by atoms with Gasteiger partial charge < -0.3 is 20.5 Å². The zero-order chi connectivity index (χ0) is 19.7. The molecule has 0 spiro atoms. The molecule has 1 fully saturated rings. The summed E-state index contributed by atoms with van der Waals surface area (Å²) in [5, 5.41) is 33.0. The van der Waals surface area contributed by atoms with E-state index in [1.165, 1.54) is 0 Å². The van der Waals surface area contributed by atoms with Gasteiger partial charge in [-0.1, -0.05) is 12.1 Å². The quantitative estimate of drug-likeness (QED) is 0.467. The van der Waals surface area contributed by atoms with E-state index in [1.54, 1.807) is 18.3 Å². The van der Waals surface area contributed by atoms with Gasteiger partial charge in [0.05, 0.1) is 6.10 Å². The summed E-state index contributed by atoms with van der Waals surface area (Å²) in [6, 6.07) is 9.35. The van der Waals surface area contributed by atoms with Crippen molar-refractivity contribution in [3.05, 3.63) is 53.9 Å². The number of rotatable bonds is 5. The second-order valence-corrected chi connectivity index (χ2v) is 7.27. The Morgan fingerprint density at radius 1 is 1.24 bits per heavy atom. The van der Waals surface area contributed by atoms with Crippen molar-refractivity contribution in [2.75, 3.05) is 18.4 Å². The van der Waals surface area contributed by atoms with Gasteiger partial charge in [-0.2, -0.15) is 0 Å². The summed E-state index contributed by atoms with van der Waals surface area (Å²) >= 11 is 0. The van der Waals surface area contributed by atoms with Crippen LogP contribution in [0.5, 0.6) is 0 Å². The number of hydrogen-bond acceptors (Lipinski definition) is 7. The number of nitrogens with one attached hydrogen (secondary N) is 1. The van der Waals surface area contributed by atoms with Crippen LogP contribution in [0.1, 0.15) is 17.5 Å². The third-order valence-electron chi connectivity index (χ3n) is 5.22. The minimum Gasteiger partial charge on any atom is -0.423 e. The van der Waals surface area contributed by atoms with Crippen molar-refractivity contribution in [2.45, 2.75) is 26.0 Å². The lowest BCUT2D eigenvalue weighted by Crippen LogP contribution is -2.32. The molecule has 4 rings (SSSR count). The molecule has 3 heterocycles. The van der Waals surface area contributed by atoms with Gasteiger partial charge in [0.25, 0.3) is 0 Å². The normalized spacial score (nSPS) is 16.6. The zero-order valence-electron chi connectivity index (χ0n) is 16.1. The number of β-amino-alcohol motifs (C(OH)–C–C–N with tert-alkyl or cyclic N) is 1. The maximum atomic E-state index is 9.70. The summed E-state index contributed by atoms with van der Waals surface area (Å²) in [5.74, 6) is 0.619. The van der Waals surface area contributed by atoms with Crippen molar-refractivity contribution >= 4 is 47.4 Å². The predicted octanol–water partition coefficient (Wildman–Crippen LogP) is 1.35. The Morgan fingerprint density at radius 3 is 2.79 bits per heavy atom. The Kier molecular flexibility index (Phi) is 6.72. The third-order valence-corrected chi connectivity index (χ3v) is 5.22. The Labute approximate surface area is 176 Å². The summed E-state index contributed by atoms with van der Waals surface area (Å²) in [7, 11) is -1.52. The fourth-order valence-corrected chi connectivity index (χ4v) is 3.69. The maximum absolute atomic E-state index is 9.70. The number of fused-ring (bicyclic) bond motifs is 1. The lowest BCUT2D eigenvalue weighted by molar-refractivity contribution is 0.175. The van der Waals surface area contributed by atoms with Gasteiger partial charge in [0.1, 0.15) is 5.52 Å². The Balaban J connectivity index is 0.00000240. The number of benzene rings is 1. The van der Waals surface area contributed by atoms with Gasteiger partial charge in [-0.05, 0) is 48.1 Å². The molecule has 2 aromatic heterocycles. The van der Waals surface area contributed by atoms with Crippen molar-refractivity contribution in [3.8, 4) is 0 Å². The molecule has 1 aromatic carbocycles. The van der Waals surface area contributed by atoms with Gasteiger partial charge in [-0.15, -0.1) is 12.4 Å². The van der Waals surface area contributed by atoms with Crippen LogP contribution in [0.25, 0.3) is 10.9 Å². The van der Waals surface area contributed by atoms with Crippen molar-refractivity contribution in [3.63, 3.8) is 0 Å². The zero-order valence-corrected chi connectivity index (χ0v) is 16.9. The lowest BCUT2D eigenvalue weighted by Gasteiger charge is -2.16. The first-order chi connectivity index (χ1) is 13.5. The van der Waals surface area contributed by atoms with E-state index in [-0.39, 0.29) is 18.5 Å². The molecule has 0 radical (unpaired) electrons. The van der Waals surface area contributed by atoms with Crippen LogP contribution in [0.2, 0.25) is 0 Å². The van der Waals surface area contributed by atoms with Gasteiger partial charge in [0, 0.05) is 43.1 Å². The number of pyridine rings is 2. The van der Waals surface area contributed by atoms with Crippen molar-refractivity contribution in [1.29, 1.82) is 0 Å². The molecule has 152 valence electrons. The first-order valence-electron chi connectivity index (χ1n) is 9.38. The average Bonchev–Trinajstić information content (AvgIpc) is 3.08. The van der Waals surface area contributed by atoms with Gasteiger partial charge in [0.2, 0.25) is 0 Å². The molecule has 0 aliphatic carbocycles. The van der Waals surface area contributed by atoms with E-state index >= 15 is 0 Å². The van der Waals surface area contributed by atoms with Gasteiger partial charge in [0.15, 0.2) is 5.82 Å². The highest BCUT2D eigenvalue weighted by Gasteiger charge is 2.20. The lowest BCUT2D eigenvalue weighted by atomic mass is 9.77. The van der Waals surface area contributed by atoms with Crippen molar-refractivity contribution < 1.29 is 15.2 Å². The Bertz CT molecular complexity index is 1000. The van der Waals surface area contributed by atoms with Crippen LogP contribution in [-0.4, -0.2) is 56.3 Å². The molecular weight excluding hydrogens is 391 g/mol. The molecule has 0 saturated carbocycles. The molecule has 0 bridgehead atoms. The fraction of sp³-hybridized carbons (Fsp3) is 0.300. The molecule has 0 amide bonds. The van der Waals surface area contributed by atoms with Gasteiger partial charge in [-0.3, -0.25) is 9.88 Å². The first kappa shape index (κ1) is 21.5. The van der Waals surface area contributed by atoms with E-state index in [2.05, 4.69) is 26.3 Å². The van der Waals surface area contributed by atoms with Crippen molar-refractivity contribution in [2.24, 2.45) is 0 Å². The summed E-state index contributed by atoms with van der Waals surface area (Å²) < 4.78 is 0. The van der Waals surface area contributed by atoms with E-state index in [0.29, 0.717) is 17.8 Å². The average molecular weight is 415 g/mol. The number of aliphatic hydroxyl groups is 1. The van der Waals surface area contributed by atoms with Crippen LogP contribution >= 0.6 is 12.4 Å². The predicted molar refractivity (Wildman–Crippen MR) is 117 cm³/mol. The number of aromatic nitrogens is 2. The molecule has 0 unspecified atom stereocenters. The fourth-order valence-electron chi connectivity index (χ4n) is 3.69. The number of likely N-dealkylation sites (tertiary alicyclic amines) is 1. The number of nitrogens with zero attached hydrogens (tertiary/aromatic N) is 3. The minimum absolute atomic E-state index is 0. The van der Waals surface area contributed by atoms with E-state index in [9.17, 15) is 15.2 Å². The SMILES string of the molecule is Cc1c(Nc2nccc3cc(CN4CC[C@@H](O)C4)cnc23)cccc1B(O)O.Cl. The standard InChI is InChI=1S/C20H23BN4O3.ClH/c1-13-17(21(27)28)3-2-4-18(13)24-20-19-15(5-7-22-20)9-14(10-23-19)11-25-8-6-16(26)12-25;/h2-5,7,9-10,16,26-28H,6,8,11-12H2,1H3,(H,22,24);1H/t16-;/m1./s1. The molecule has 1 atom stereocenters. The summed E-state index contributed by atoms with van der Waals surface area (Å²) in [6.45, 7) is 4.20. The number of halogens is 1. The molecule has 7 nitrogen and oxygen atoms in total. The van der Waals surface area contributed by atoms with E-state index < -0.39 is 7.12 Å². The van der Waals surface area contributed by atoms with Crippen LogP contribution < -0.4 is 10.8 Å². The summed E-state index contributed by atoms with van der Waals surface area (Å²) in [5.41, 5.74) is 3.80. The van der Waals surface area contributed by atoms with Crippen LogP contribution in [0.15, 0.2) is 42.7 Å².